The maximum Gasteiger partial charge on any atom is 0.190 e. The Bertz CT molecular complexity index is 756. The van der Waals surface area contributed by atoms with E-state index in [1.807, 2.05) is 11.8 Å². The summed E-state index contributed by atoms with van der Waals surface area (Å²) >= 11 is 5.38. The van der Waals surface area contributed by atoms with Gasteiger partial charge in [0.1, 0.15) is 9.86 Å². The van der Waals surface area contributed by atoms with Gasteiger partial charge in [-0.1, -0.05) is 25.6 Å². The highest BCUT2D eigenvalue weighted by molar-refractivity contribution is 8.00. The fourth-order valence-corrected chi connectivity index (χ4v) is 5.94. The normalized spacial score (nSPS) is 16.8. The van der Waals surface area contributed by atoms with Crippen molar-refractivity contribution >= 4 is 45.1 Å². The Balaban J connectivity index is 2.03. The molecule has 0 atom stereocenters. The SMILES string of the molecule is CC(C)Sc1nc(SCCN(C)C)c2c3c(sc2n1)COC(C)(C)C3. The van der Waals surface area contributed by atoms with Gasteiger partial charge in [0.25, 0.3) is 0 Å². The van der Waals surface area contributed by atoms with Gasteiger partial charge in [0.15, 0.2) is 5.16 Å². The molecule has 0 amide bonds. The van der Waals surface area contributed by atoms with E-state index in [9.17, 15) is 0 Å². The minimum atomic E-state index is -0.113. The molecule has 3 heterocycles. The molecule has 0 fully saturated rings. The van der Waals surface area contributed by atoms with Crippen LogP contribution < -0.4 is 0 Å². The highest BCUT2D eigenvalue weighted by atomic mass is 32.2. The van der Waals surface area contributed by atoms with Crippen LogP contribution in [-0.2, 0) is 17.8 Å². The molecule has 2 aromatic heterocycles. The summed E-state index contributed by atoms with van der Waals surface area (Å²) in [6.07, 6.45) is 0.934. The first-order valence-corrected chi connectivity index (χ1v) is 11.3. The summed E-state index contributed by atoms with van der Waals surface area (Å²) in [5.74, 6) is 1.04. The molecule has 138 valence electrons. The maximum absolute atomic E-state index is 6.01. The Labute approximate surface area is 163 Å². The van der Waals surface area contributed by atoms with Gasteiger partial charge in [0.2, 0.25) is 0 Å². The average molecular weight is 398 g/mol. The van der Waals surface area contributed by atoms with Crippen LogP contribution in [0, 0.1) is 0 Å². The lowest BCUT2D eigenvalue weighted by atomic mass is 9.95. The number of aromatic nitrogens is 2. The van der Waals surface area contributed by atoms with Crippen LogP contribution in [0.5, 0.6) is 0 Å². The number of thioether (sulfide) groups is 2. The van der Waals surface area contributed by atoms with E-state index < -0.39 is 0 Å². The fraction of sp³-hybridized carbons (Fsp3) is 0.667. The lowest BCUT2D eigenvalue weighted by Crippen LogP contribution is -2.31. The van der Waals surface area contributed by atoms with E-state index in [1.165, 1.54) is 15.8 Å². The van der Waals surface area contributed by atoms with Crippen molar-refractivity contribution in [3.63, 3.8) is 0 Å². The molecule has 4 nitrogen and oxygen atoms in total. The molecule has 0 spiro atoms. The molecule has 0 saturated heterocycles. The van der Waals surface area contributed by atoms with Crippen molar-refractivity contribution in [3.8, 4) is 0 Å². The first-order chi connectivity index (χ1) is 11.7. The van der Waals surface area contributed by atoms with Crippen LogP contribution in [0.1, 0.15) is 38.1 Å². The van der Waals surface area contributed by atoms with Crippen molar-refractivity contribution in [2.45, 2.75) is 61.8 Å². The van der Waals surface area contributed by atoms with Gasteiger partial charge in [-0.3, -0.25) is 0 Å². The maximum atomic E-state index is 6.01. The summed E-state index contributed by atoms with van der Waals surface area (Å²) in [6, 6.07) is 0. The zero-order chi connectivity index (χ0) is 18.2. The molecule has 0 saturated carbocycles. The predicted octanol–water partition coefficient (Wildman–Crippen LogP) is 4.70. The monoisotopic (exact) mass is 397 g/mol. The summed E-state index contributed by atoms with van der Waals surface area (Å²) in [5, 5.41) is 3.79. The fourth-order valence-electron chi connectivity index (χ4n) is 2.79. The zero-order valence-corrected chi connectivity index (χ0v) is 18.3. The Kier molecular flexibility index (Phi) is 6.00. The first-order valence-electron chi connectivity index (χ1n) is 8.65. The standard InChI is InChI=1S/C18H27N3OS3/c1-11(2)24-17-19-15(23-8-7-21(5)6)14-12-9-18(3,4)22-10-13(12)25-16(14)20-17/h11H,7-10H2,1-6H3. The highest BCUT2D eigenvalue weighted by Crippen LogP contribution is 2.42. The zero-order valence-electron chi connectivity index (χ0n) is 15.9. The van der Waals surface area contributed by atoms with E-state index in [4.69, 9.17) is 14.7 Å². The largest absolute Gasteiger partial charge is 0.370 e. The lowest BCUT2D eigenvalue weighted by molar-refractivity contribution is -0.0379. The third-order valence-corrected chi connectivity index (χ3v) is 6.91. The van der Waals surface area contributed by atoms with Gasteiger partial charge >= 0.3 is 0 Å². The van der Waals surface area contributed by atoms with Crippen molar-refractivity contribution in [2.75, 3.05) is 26.4 Å². The molecular formula is C18H27N3OS3. The molecule has 1 aliphatic heterocycles. The van der Waals surface area contributed by atoms with Gasteiger partial charge in [0.05, 0.1) is 12.2 Å². The number of fused-ring (bicyclic) bond motifs is 3. The molecule has 7 heteroatoms. The van der Waals surface area contributed by atoms with Crippen LogP contribution in [0.2, 0.25) is 0 Å². The van der Waals surface area contributed by atoms with Crippen LogP contribution in [0.15, 0.2) is 10.2 Å². The minimum absolute atomic E-state index is 0.113. The second-order valence-electron chi connectivity index (χ2n) is 7.54. The summed E-state index contributed by atoms with van der Waals surface area (Å²) in [7, 11) is 4.23. The molecule has 2 aromatic rings. The van der Waals surface area contributed by atoms with E-state index in [1.54, 1.807) is 23.1 Å². The summed E-state index contributed by atoms with van der Waals surface area (Å²) in [5.41, 5.74) is 1.29. The molecule has 0 unspecified atom stereocenters. The van der Waals surface area contributed by atoms with Gasteiger partial charge in [-0.15, -0.1) is 23.1 Å². The van der Waals surface area contributed by atoms with Crippen LogP contribution in [0.25, 0.3) is 10.2 Å². The molecule has 3 rings (SSSR count). The third kappa shape index (κ3) is 4.69. The molecular weight excluding hydrogens is 370 g/mol. The number of hydrogen-bond acceptors (Lipinski definition) is 7. The average Bonchev–Trinajstić information content (AvgIpc) is 2.82. The third-order valence-electron chi connectivity index (χ3n) is 4.00. The van der Waals surface area contributed by atoms with Gasteiger partial charge in [-0.2, -0.15) is 0 Å². The van der Waals surface area contributed by atoms with Crippen molar-refractivity contribution < 1.29 is 4.74 Å². The Morgan fingerprint density at radius 1 is 1.28 bits per heavy atom. The Morgan fingerprint density at radius 3 is 2.72 bits per heavy atom. The summed E-state index contributed by atoms with van der Waals surface area (Å²) < 4.78 is 6.01. The number of nitrogens with zero attached hydrogens (tertiary/aromatic N) is 3. The molecule has 0 radical (unpaired) electrons. The first kappa shape index (κ1) is 19.4. The number of hydrogen-bond donors (Lipinski definition) is 0. The predicted molar refractivity (Wildman–Crippen MR) is 110 cm³/mol. The van der Waals surface area contributed by atoms with E-state index in [2.05, 4.69) is 46.7 Å². The quantitative estimate of drug-likeness (QED) is 0.400. The van der Waals surface area contributed by atoms with Crippen molar-refractivity contribution in [1.29, 1.82) is 0 Å². The number of rotatable bonds is 6. The second-order valence-corrected chi connectivity index (χ2v) is 11.2. The molecule has 0 bridgehead atoms. The second kappa shape index (κ2) is 7.72. The summed E-state index contributed by atoms with van der Waals surface area (Å²) in [6.45, 7) is 10.5. The molecule has 0 aromatic carbocycles. The number of thiophene rings is 1. The van der Waals surface area contributed by atoms with E-state index >= 15 is 0 Å². The van der Waals surface area contributed by atoms with Crippen LogP contribution in [0.4, 0.5) is 0 Å². The van der Waals surface area contributed by atoms with Gasteiger partial charge in [-0.25, -0.2) is 9.97 Å². The van der Waals surface area contributed by atoms with Gasteiger partial charge < -0.3 is 9.64 Å². The Morgan fingerprint density at radius 2 is 2.04 bits per heavy atom. The van der Waals surface area contributed by atoms with Gasteiger partial charge in [-0.05, 0) is 33.5 Å². The topological polar surface area (TPSA) is 38.2 Å². The minimum Gasteiger partial charge on any atom is -0.370 e. The van der Waals surface area contributed by atoms with Crippen molar-refractivity contribution in [2.24, 2.45) is 0 Å². The smallest absolute Gasteiger partial charge is 0.190 e. The van der Waals surface area contributed by atoms with Crippen molar-refractivity contribution in [1.82, 2.24) is 14.9 Å². The molecule has 0 N–H and O–H groups in total. The molecule has 1 aliphatic rings. The van der Waals surface area contributed by atoms with E-state index in [0.717, 1.165) is 33.7 Å². The molecule has 25 heavy (non-hydrogen) atoms. The lowest BCUT2D eigenvalue weighted by Gasteiger charge is -2.30. The van der Waals surface area contributed by atoms with E-state index in [0.29, 0.717) is 11.9 Å². The van der Waals surface area contributed by atoms with E-state index in [-0.39, 0.29) is 5.60 Å². The summed E-state index contributed by atoms with van der Waals surface area (Å²) in [4.78, 5) is 14.5. The highest BCUT2D eigenvalue weighted by Gasteiger charge is 2.31. The van der Waals surface area contributed by atoms with Crippen LogP contribution in [-0.4, -0.2) is 52.1 Å². The van der Waals surface area contributed by atoms with Gasteiger partial charge in [0, 0.05) is 34.2 Å². The van der Waals surface area contributed by atoms with Crippen LogP contribution >= 0.6 is 34.9 Å². The van der Waals surface area contributed by atoms with Crippen molar-refractivity contribution in [3.05, 3.63) is 10.4 Å². The molecule has 0 aliphatic carbocycles. The number of ether oxygens (including phenoxy) is 1. The Hall–Kier alpha value is -0.340. The van der Waals surface area contributed by atoms with Crippen LogP contribution in [0.3, 0.4) is 0 Å².